The Morgan fingerprint density at radius 1 is 1.07 bits per heavy atom. The molecule has 2 fully saturated rings. The predicted molar refractivity (Wildman–Crippen MR) is 114 cm³/mol. The Morgan fingerprint density at radius 3 is 2.38 bits per heavy atom. The van der Waals surface area contributed by atoms with Crippen molar-refractivity contribution in [1.82, 2.24) is 14.7 Å². The van der Waals surface area contributed by atoms with Crippen molar-refractivity contribution in [1.29, 1.82) is 0 Å². The van der Waals surface area contributed by atoms with E-state index in [9.17, 15) is 14.4 Å². The van der Waals surface area contributed by atoms with Crippen LogP contribution in [0.3, 0.4) is 0 Å². The number of nitrogens with zero attached hydrogens (tertiary/aromatic N) is 3. The van der Waals surface area contributed by atoms with Gasteiger partial charge < -0.3 is 9.80 Å². The molecule has 4 rings (SSSR count). The van der Waals surface area contributed by atoms with Crippen molar-refractivity contribution in [2.24, 2.45) is 0 Å². The van der Waals surface area contributed by atoms with Gasteiger partial charge >= 0.3 is 0 Å². The number of rotatable bonds is 7. The van der Waals surface area contributed by atoms with Crippen LogP contribution in [-0.4, -0.2) is 70.7 Å². The molecule has 2 heterocycles. The van der Waals surface area contributed by atoms with E-state index in [1.165, 1.54) is 4.90 Å². The first-order valence-corrected chi connectivity index (χ1v) is 11.5. The van der Waals surface area contributed by atoms with Crippen molar-refractivity contribution in [3.8, 4) is 0 Å². The van der Waals surface area contributed by atoms with Gasteiger partial charge in [0.25, 0.3) is 11.8 Å². The second-order valence-electron chi connectivity index (χ2n) is 8.25. The molecule has 1 aromatic rings. The molecule has 1 aliphatic carbocycles. The molecule has 0 aromatic heterocycles. The number of carbonyl (C=O) groups is 3. The van der Waals surface area contributed by atoms with Gasteiger partial charge in [0.1, 0.15) is 0 Å². The smallest absolute Gasteiger partial charge is 0.261 e. The zero-order valence-corrected chi connectivity index (χ0v) is 18.5. The molecule has 3 amide bonds. The van der Waals surface area contributed by atoms with Gasteiger partial charge in [-0.1, -0.05) is 22.9 Å². The molecule has 0 unspecified atom stereocenters. The Labute approximate surface area is 180 Å². The Hall–Kier alpha value is -1.73. The number of benzene rings is 1. The highest BCUT2D eigenvalue weighted by molar-refractivity contribution is 9.10. The van der Waals surface area contributed by atoms with Crippen molar-refractivity contribution in [2.75, 3.05) is 26.2 Å². The summed E-state index contributed by atoms with van der Waals surface area (Å²) < 4.78 is 0.781. The summed E-state index contributed by atoms with van der Waals surface area (Å²) in [5.41, 5.74) is 0.893. The summed E-state index contributed by atoms with van der Waals surface area (Å²) in [6.07, 6.45) is 5.21. The van der Waals surface area contributed by atoms with Gasteiger partial charge in [0.15, 0.2) is 0 Å². The Balaban J connectivity index is 1.32. The first-order valence-electron chi connectivity index (χ1n) is 10.7. The molecule has 0 spiro atoms. The van der Waals surface area contributed by atoms with Crippen molar-refractivity contribution in [2.45, 2.75) is 57.5 Å². The minimum absolute atomic E-state index is 0.182. The van der Waals surface area contributed by atoms with E-state index in [0.29, 0.717) is 42.6 Å². The van der Waals surface area contributed by atoms with Crippen LogP contribution < -0.4 is 0 Å². The third-order valence-corrected chi connectivity index (χ3v) is 6.82. The molecule has 1 aromatic carbocycles. The van der Waals surface area contributed by atoms with Crippen molar-refractivity contribution >= 4 is 33.7 Å². The second-order valence-corrected chi connectivity index (χ2v) is 9.17. The number of carbonyl (C=O) groups excluding carboxylic acids is 3. The Bertz CT molecular complexity index is 816. The quantitative estimate of drug-likeness (QED) is 0.584. The normalized spacial score (nSPS) is 20.3. The number of piperidine rings is 1. The van der Waals surface area contributed by atoms with Gasteiger partial charge in [0, 0.05) is 42.6 Å². The molecule has 29 heavy (non-hydrogen) atoms. The summed E-state index contributed by atoms with van der Waals surface area (Å²) in [4.78, 5) is 44.0. The van der Waals surface area contributed by atoms with Crippen molar-refractivity contribution in [3.05, 3.63) is 33.8 Å². The maximum absolute atomic E-state index is 13.0. The van der Waals surface area contributed by atoms with Gasteiger partial charge in [-0.2, -0.15) is 0 Å². The van der Waals surface area contributed by atoms with Gasteiger partial charge in [-0.05, 0) is 56.8 Å². The van der Waals surface area contributed by atoms with E-state index < -0.39 is 0 Å². The van der Waals surface area contributed by atoms with Crippen molar-refractivity contribution < 1.29 is 14.4 Å². The molecular formula is C22H28BrN3O3. The lowest BCUT2D eigenvalue weighted by Gasteiger charge is -2.38. The summed E-state index contributed by atoms with van der Waals surface area (Å²) in [6, 6.07) is 5.89. The molecule has 3 aliphatic rings. The minimum atomic E-state index is -0.260. The molecule has 0 radical (unpaired) electrons. The van der Waals surface area contributed by atoms with Crippen LogP contribution in [0.2, 0.25) is 0 Å². The second kappa shape index (κ2) is 8.56. The van der Waals surface area contributed by atoms with Gasteiger partial charge in [0.05, 0.1) is 11.1 Å². The maximum atomic E-state index is 13.0. The van der Waals surface area contributed by atoms with Gasteiger partial charge in [0.2, 0.25) is 5.91 Å². The topological polar surface area (TPSA) is 60.9 Å². The molecule has 6 nitrogen and oxygen atoms in total. The van der Waals surface area contributed by atoms with Crippen LogP contribution in [0, 0.1) is 0 Å². The molecule has 2 aliphatic heterocycles. The van der Waals surface area contributed by atoms with Crippen LogP contribution in [0.1, 0.15) is 66.2 Å². The van der Waals surface area contributed by atoms with Crippen LogP contribution in [-0.2, 0) is 4.79 Å². The zero-order valence-electron chi connectivity index (χ0n) is 16.9. The molecule has 1 saturated heterocycles. The number of halogens is 1. The highest BCUT2D eigenvalue weighted by Gasteiger charge is 2.39. The average Bonchev–Trinajstić information content (AvgIpc) is 3.52. The first-order chi connectivity index (χ1) is 14.0. The number of amides is 3. The summed E-state index contributed by atoms with van der Waals surface area (Å²) in [6.45, 7) is 5.66. The fourth-order valence-corrected chi connectivity index (χ4v) is 4.92. The SMILES string of the molecule is CCN1CCC(N(C(=O)CCCN2C(=O)c3ccc(Br)cc3C2=O)C2CC2)CC1. The molecule has 0 bridgehead atoms. The zero-order chi connectivity index (χ0) is 20.5. The molecule has 0 atom stereocenters. The molecular weight excluding hydrogens is 434 g/mol. The van der Waals surface area contributed by atoms with Crippen LogP contribution in [0.15, 0.2) is 22.7 Å². The standard InChI is InChI=1S/C22H28BrN3O3/c1-2-24-12-9-17(10-13-24)26(16-6-7-16)20(27)4-3-11-25-21(28)18-8-5-15(23)14-19(18)22(25)29/h5,8,14,16-17H,2-4,6-7,9-13H2,1H3. The van der Waals surface area contributed by atoms with Crippen LogP contribution in [0.5, 0.6) is 0 Å². The van der Waals surface area contributed by atoms with E-state index in [-0.39, 0.29) is 17.7 Å². The lowest BCUT2D eigenvalue weighted by molar-refractivity contribution is -0.135. The summed E-state index contributed by atoms with van der Waals surface area (Å²) in [5.74, 6) is -0.331. The van der Waals surface area contributed by atoms with E-state index >= 15 is 0 Å². The average molecular weight is 462 g/mol. The molecule has 7 heteroatoms. The van der Waals surface area contributed by atoms with E-state index in [2.05, 4.69) is 32.7 Å². The minimum Gasteiger partial charge on any atom is -0.337 e. The molecule has 156 valence electrons. The summed E-state index contributed by atoms with van der Waals surface area (Å²) in [5, 5.41) is 0. The molecule has 1 saturated carbocycles. The number of fused-ring (bicyclic) bond motifs is 1. The number of hydrogen-bond acceptors (Lipinski definition) is 4. The largest absolute Gasteiger partial charge is 0.337 e. The monoisotopic (exact) mass is 461 g/mol. The number of hydrogen-bond donors (Lipinski definition) is 0. The Kier molecular flexibility index (Phi) is 6.06. The first kappa shape index (κ1) is 20.5. The van der Waals surface area contributed by atoms with Crippen LogP contribution >= 0.6 is 15.9 Å². The van der Waals surface area contributed by atoms with E-state index in [1.54, 1.807) is 18.2 Å². The number of imide groups is 1. The van der Waals surface area contributed by atoms with Crippen molar-refractivity contribution in [3.63, 3.8) is 0 Å². The summed E-state index contributed by atoms with van der Waals surface area (Å²) >= 11 is 3.35. The van der Waals surface area contributed by atoms with E-state index in [1.807, 2.05) is 0 Å². The highest BCUT2D eigenvalue weighted by Crippen LogP contribution is 2.33. The predicted octanol–water partition coefficient (Wildman–Crippen LogP) is 3.30. The number of likely N-dealkylation sites (tertiary alicyclic amines) is 1. The maximum Gasteiger partial charge on any atom is 0.261 e. The lowest BCUT2D eigenvalue weighted by Crippen LogP contribution is -2.48. The van der Waals surface area contributed by atoms with Gasteiger partial charge in [-0.15, -0.1) is 0 Å². The van der Waals surface area contributed by atoms with E-state index in [0.717, 1.165) is 49.8 Å². The Morgan fingerprint density at radius 2 is 1.72 bits per heavy atom. The van der Waals surface area contributed by atoms with E-state index in [4.69, 9.17) is 0 Å². The fraction of sp³-hybridized carbons (Fsp3) is 0.591. The third-order valence-electron chi connectivity index (χ3n) is 6.33. The van der Waals surface area contributed by atoms with Crippen LogP contribution in [0.4, 0.5) is 0 Å². The molecule has 0 N–H and O–H groups in total. The van der Waals surface area contributed by atoms with Gasteiger partial charge in [-0.25, -0.2) is 0 Å². The fourth-order valence-electron chi connectivity index (χ4n) is 4.56. The van der Waals surface area contributed by atoms with Crippen LogP contribution in [0.25, 0.3) is 0 Å². The summed E-state index contributed by atoms with van der Waals surface area (Å²) in [7, 11) is 0. The third kappa shape index (κ3) is 4.26. The highest BCUT2D eigenvalue weighted by atomic mass is 79.9. The lowest BCUT2D eigenvalue weighted by atomic mass is 10.0. The van der Waals surface area contributed by atoms with Gasteiger partial charge in [-0.3, -0.25) is 19.3 Å².